The Morgan fingerprint density at radius 1 is 0.730 bits per heavy atom. The number of hydrogen-bond acceptors (Lipinski definition) is 15. The maximum atomic E-state index is 10.9. The first-order valence-electron chi connectivity index (χ1n) is 8.70. The number of nitrogens with zero attached hydrogens (tertiary/aromatic N) is 4. The van der Waals surface area contributed by atoms with E-state index < -0.39 is 67.1 Å². The van der Waals surface area contributed by atoms with Crippen LogP contribution >= 0.6 is 0 Å². The molecule has 24 heteroatoms. The van der Waals surface area contributed by atoms with Gasteiger partial charge in [-0.05, 0) is 7.05 Å². The number of likely N-dealkylation sites (N-methyl/N-ethyl adjacent to an activating group) is 1. The van der Waals surface area contributed by atoms with Gasteiger partial charge in [0.25, 0.3) is 25.9 Å². The van der Waals surface area contributed by atoms with Crippen LogP contribution in [0.5, 0.6) is 0 Å². The Morgan fingerprint density at radius 3 is 1.16 bits per heavy atom. The highest BCUT2D eigenvalue weighted by atomic mass is 32.2. The number of rotatable bonds is 8. The van der Waals surface area contributed by atoms with E-state index in [2.05, 4.69) is 0 Å². The molecule has 0 atom stereocenters. The number of benzene rings is 1. The molecule has 0 spiro atoms. The maximum absolute atomic E-state index is 10.9. The highest BCUT2D eigenvalue weighted by Crippen LogP contribution is 2.36. The smallest absolute Gasteiger partial charge is 0.308 e. The molecule has 1 rings (SSSR count). The van der Waals surface area contributed by atoms with Crippen molar-refractivity contribution in [3.8, 4) is 0 Å². The van der Waals surface area contributed by atoms with E-state index in [0.29, 0.717) is 25.6 Å². The van der Waals surface area contributed by atoms with Gasteiger partial charge in [-0.1, -0.05) is 0 Å². The molecule has 0 unspecified atom stereocenters. The van der Waals surface area contributed by atoms with Crippen molar-refractivity contribution in [1.29, 1.82) is 0 Å². The summed E-state index contributed by atoms with van der Waals surface area (Å²) in [7, 11) is -10.8. The first kappa shape index (κ1) is 38.6. The summed E-state index contributed by atoms with van der Waals surface area (Å²) in [4.78, 5) is 28.0. The lowest BCUT2D eigenvalue weighted by Crippen LogP contribution is -2.25. The summed E-state index contributed by atoms with van der Waals surface area (Å²) < 4.78 is 82.4. The van der Waals surface area contributed by atoms with Crippen LogP contribution in [-0.4, -0.2) is 115 Å². The van der Waals surface area contributed by atoms with Gasteiger partial charge in [-0.2, -0.15) is 25.3 Å². The van der Waals surface area contributed by atoms with E-state index in [9.17, 15) is 55.6 Å². The molecule has 5 N–H and O–H groups in total. The zero-order valence-electron chi connectivity index (χ0n) is 19.1. The number of hydrogen-bond donors (Lipinski definition) is 5. The third kappa shape index (κ3) is 23.2. The zero-order chi connectivity index (χ0) is 30.4. The fraction of sp³-hybridized carbons (Fsp3) is 0.538. The summed E-state index contributed by atoms with van der Waals surface area (Å²) in [5, 5.41) is 48.3. The summed E-state index contributed by atoms with van der Waals surface area (Å²) in [6, 6.07) is 0.409. The molecule has 0 aromatic heterocycles. The van der Waals surface area contributed by atoms with Crippen molar-refractivity contribution in [3.63, 3.8) is 0 Å². The van der Waals surface area contributed by atoms with Gasteiger partial charge < -0.3 is 15.1 Å². The van der Waals surface area contributed by atoms with Crippen molar-refractivity contribution in [3.05, 3.63) is 42.5 Å². The molecular weight excluding hydrogens is 580 g/mol. The summed E-state index contributed by atoms with van der Waals surface area (Å²) in [5.74, 6) is 0. The van der Waals surface area contributed by atoms with Gasteiger partial charge in [0.15, 0.2) is 0 Å². The molecule has 21 nitrogen and oxygen atoms in total. The fourth-order valence-corrected chi connectivity index (χ4v) is 2.47. The Bertz CT molecular complexity index is 1160. The van der Waals surface area contributed by atoms with Crippen molar-refractivity contribution in [1.82, 2.24) is 4.90 Å². The van der Waals surface area contributed by atoms with Crippen molar-refractivity contribution >= 4 is 47.4 Å². The second-order valence-electron chi connectivity index (χ2n) is 6.28. The van der Waals surface area contributed by atoms with E-state index in [0.717, 1.165) is 0 Å². The number of aliphatic hydroxyl groups excluding tert-OH is 2. The summed E-state index contributed by atoms with van der Waals surface area (Å²) >= 11 is 0. The highest BCUT2D eigenvalue weighted by Gasteiger charge is 2.37. The van der Waals surface area contributed by atoms with Crippen LogP contribution in [0.1, 0.15) is 0 Å². The van der Waals surface area contributed by atoms with Crippen LogP contribution in [0.2, 0.25) is 0 Å². The second-order valence-corrected chi connectivity index (χ2v) is 10.6. The van der Waals surface area contributed by atoms with Crippen LogP contribution in [0.4, 0.5) is 17.1 Å². The van der Waals surface area contributed by atoms with Gasteiger partial charge in [-0.15, -0.1) is 0 Å². The zero-order valence-corrected chi connectivity index (χ0v) is 21.6. The molecule has 0 aliphatic heterocycles. The molecule has 0 aliphatic carbocycles. The topological polar surface area (TPSA) is 336 Å². The number of nitro benzene ring substituents is 3. The van der Waals surface area contributed by atoms with E-state index in [1.54, 1.807) is 0 Å². The van der Waals surface area contributed by atoms with Gasteiger partial charge >= 0.3 is 21.5 Å². The Labute approximate surface area is 209 Å². The molecule has 0 saturated carbocycles. The molecular formula is C13H24N4O17S3. The van der Waals surface area contributed by atoms with E-state index in [-0.39, 0.29) is 25.3 Å². The van der Waals surface area contributed by atoms with Gasteiger partial charge in [0, 0.05) is 13.1 Å². The normalized spacial score (nSPS) is 11.1. The Morgan fingerprint density at radius 2 is 1.00 bits per heavy atom. The summed E-state index contributed by atoms with van der Waals surface area (Å²) in [6.45, 7) is 1.61. The van der Waals surface area contributed by atoms with Crippen molar-refractivity contribution < 1.29 is 63.9 Å². The standard InChI is InChI=1S/C6H3N3O9S.C5H13NO2.2CH4O3S/c10-7(11)3-1-4(8(12)13)6(19(16,17)18)5(2-3)9(14)15;1-6(2-4-7)3-5-8;2*1-5(2,3)4/h1-2H,(H,16,17,18);7-8H,2-5H2,1H3;2*1H3,(H,2,3,4). The van der Waals surface area contributed by atoms with Crippen molar-refractivity contribution in [2.45, 2.75) is 4.90 Å². The predicted octanol–water partition coefficient (Wildman–Crippen LogP) is -1.43. The van der Waals surface area contributed by atoms with Crippen LogP contribution in [0.15, 0.2) is 17.0 Å². The van der Waals surface area contributed by atoms with Gasteiger partial charge in [0.1, 0.15) is 0 Å². The van der Waals surface area contributed by atoms with Gasteiger partial charge in [-0.25, -0.2) is 0 Å². The summed E-state index contributed by atoms with van der Waals surface area (Å²) in [6.07, 6.45) is 1.43. The molecule has 37 heavy (non-hydrogen) atoms. The van der Waals surface area contributed by atoms with E-state index in [1.165, 1.54) is 0 Å². The highest BCUT2D eigenvalue weighted by molar-refractivity contribution is 7.86. The third-order valence-corrected chi connectivity index (χ3v) is 3.79. The van der Waals surface area contributed by atoms with Crippen LogP contribution in [0.25, 0.3) is 0 Å². The molecule has 1 aromatic carbocycles. The number of nitro groups is 3. The number of non-ortho nitro benzene ring substituents is 1. The molecule has 1 aromatic rings. The Hall–Kier alpha value is -2.97. The van der Waals surface area contributed by atoms with Crippen LogP contribution in [0, 0.1) is 30.3 Å². The SMILES string of the molecule is CN(CCO)CCO.CS(=O)(=O)O.CS(=O)(=O)O.O=[N+]([O-])c1cc([N+](=O)[O-])c(S(=O)(=O)O)c([N+](=O)[O-])c1. The van der Waals surface area contributed by atoms with Gasteiger partial charge in [0.2, 0.25) is 4.90 Å². The minimum Gasteiger partial charge on any atom is -0.395 e. The monoisotopic (exact) mass is 604 g/mol. The average Bonchev–Trinajstić information content (AvgIpc) is 2.64. The molecule has 0 saturated heterocycles. The molecule has 0 bridgehead atoms. The molecule has 216 valence electrons. The van der Waals surface area contributed by atoms with Crippen LogP contribution in [-0.2, 0) is 30.4 Å². The molecule has 0 radical (unpaired) electrons. The van der Waals surface area contributed by atoms with E-state index in [1.807, 2.05) is 11.9 Å². The average molecular weight is 605 g/mol. The first-order chi connectivity index (χ1) is 16.4. The Balaban J connectivity index is -0.000000526. The predicted molar refractivity (Wildman–Crippen MR) is 123 cm³/mol. The molecule has 0 heterocycles. The maximum Gasteiger partial charge on any atom is 0.308 e. The summed E-state index contributed by atoms with van der Waals surface area (Å²) in [5.41, 5.74) is -3.96. The Kier molecular flexibility index (Phi) is 17.4. The first-order valence-corrected chi connectivity index (χ1v) is 13.8. The second kappa shape index (κ2) is 16.7. The lowest BCUT2D eigenvalue weighted by Gasteiger charge is -2.11. The van der Waals surface area contributed by atoms with E-state index >= 15 is 0 Å². The molecule has 0 amide bonds. The largest absolute Gasteiger partial charge is 0.395 e. The van der Waals surface area contributed by atoms with Gasteiger partial charge in [-0.3, -0.25) is 44.0 Å². The number of aliphatic hydroxyl groups is 2. The van der Waals surface area contributed by atoms with Crippen molar-refractivity contribution in [2.24, 2.45) is 0 Å². The minimum atomic E-state index is -5.30. The van der Waals surface area contributed by atoms with Crippen LogP contribution < -0.4 is 0 Å². The minimum absolute atomic E-state index is 0.163. The van der Waals surface area contributed by atoms with E-state index in [4.69, 9.17) is 23.9 Å². The molecule has 0 aliphatic rings. The lowest BCUT2D eigenvalue weighted by atomic mass is 10.2. The molecule has 0 fully saturated rings. The quantitative estimate of drug-likeness (QED) is 0.129. The van der Waals surface area contributed by atoms with Crippen molar-refractivity contribution in [2.75, 3.05) is 45.9 Å². The third-order valence-electron chi connectivity index (χ3n) is 2.86. The van der Waals surface area contributed by atoms with Crippen LogP contribution in [0.3, 0.4) is 0 Å². The van der Waals surface area contributed by atoms with Gasteiger partial charge in [0.05, 0.1) is 52.6 Å². The lowest BCUT2D eigenvalue weighted by molar-refractivity contribution is -0.407. The fourth-order valence-electron chi connectivity index (χ4n) is 1.68.